The Morgan fingerprint density at radius 1 is 1.22 bits per heavy atom. The molecule has 0 spiro atoms. The Kier molecular flexibility index (Phi) is 7.53. The summed E-state index contributed by atoms with van der Waals surface area (Å²) in [6, 6.07) is 8.97. The summed E-state index contributed by atoms with van der Waals surface area (Å²) in [5.74, 6) is 0.591. The van der Waals surface area contributed by atoms with Gasteiger partial charge in [-0.25, -0.2) is 8.42 Å². The quantitative estimate of drug-likeness (QED) is 0.665. The van der Waals surface area contributed by atoms with Crippen LogP contribution in [0.4, 0.5) is 0 Å². The Hall–Kier alpha value is -1.09. The molecule has 0 bridgehead atoms. The maximum absolute atomic E-state index is 12.8. The van der Waals surface area contributed by atoms with Gasteiger partial charge in [-0.05, 0) is 36.0 Å². The van der Waals surface area contributed by atoms with E-state index in [0.29, 0.717) is 12.4 Å². The molecule has 1 aromatic carbocycles. The summed E-state index contributed by atoms with van der Waals surface area (Å²) < 4.78 is 27.1. The van der Waals surface area contributed by atoms with E-state index in [1.807, 2.05) is 39.0 Å². The molecule has 0 radical (unpaired) electrons. The Labute approximate surface area is 145 Å². The minimum absolute atomic E-state index is 0.178. The summed E-state index contributed by atoms with van der Waals surface area (Å²) in [5, 5.41) is 8.79. The average molecular weight is 357 g/mol. The Morgan fingerprint density at radius 2 is 1.83 bits per heavy atom. The molecule has 6 heteroatoms. The highest BCUT2D eigenvalue weighted by atomic mass is 35.5. The standard InChI is InChI=1S/C17H25ClN2O2S/c1-17(2,3)14-20(13-5-12-19)23(21,22)16-9-7-15(8-10-16)6-4-11-18/h7-10H,4-6,11,13-14H2,1-3H3. The van der Waals surface area contributed by atoms with Crippen LogP contribution < -0.4 is 0 Å². The second-order valence-corrected chi connectivity index (χ2v) is 9.06. The van der Waals surface area contributed by atoms with Crippen molar-refractivity contribution in [1.29, 1.82) is 5.26 Å². The fraction of sp³-hybridized carbons (Fsp3) is 0.588. The van der Waals surface area contributed by atoms with Crippen molar-refractivity contribution in [3.63, 3.8) is 0 Å². The molecule has 4 nitrogen and oxygen atoms in total. The number of nitrogens with zero attached hydrogens (tertiary/aromatic N) is 2. The predicted octanol–water partition coefficient (Wildman–Crippen LogP) is 3.81. The molecule has 0 saturated carbocycles. The van der Waals surface area contributed by atoms with Crippen LogP contribution in [-0.4, -0.2) is 31.7 Å². The van der Waals surface area contributed by atoms with Crippen LogP contribution in [0.15, 0.2) is 29.2 Å². The first-order chi connectivity index (χ1) is 10.7. The zero-order chi connectivity index (χ0) is 17.5. The van der Waals surface area contributed by atoms with Gasteiger partial charge in [-0.1, -0.05) is 32.9 Å². The number of nitriles is 1. The summed E-state index contributed by atoms with van der Waals surface area (Å²) >= 11 is 5.68. The van der Waals surface area contributed by atoms with Gasteiger partial charge in [0.25, 0.3) is 0 Å². The molecule has 1 aromatic rings. The lowest BCUT2D eigenvalue weighted by Crippen LogP contribution is -2.38. The summed E-state index contributed by atoms with van der Waals surface area (Å²) in [6.45, 7) is 6.54. The maximum atomic E-state index is 12.8. The minimum atomic E-state index is -3.59. The molecule has 0 heterocycles. The summed E-state index contributed by atoms with van der Waals surface area (Å²) in [4.78, 5) is 0.273. The fourth-order valence-electron chi connectivity index (χ4n) is 2.24. The molecule has 0 aromatic heterocycles. The van der Waals surface area contributed by atoms with E-state index >= 15 is 0 Å². The van der Waals surface area contributed by atoms with Gasteiger partial charge >= 0.3 is 0 Å². The van der Waals surface area contributed by atoms with Crippen LogP contribution in [0.1, 0.15) is 39.2 Å². The van der Waals surface area contributed by atoms with E-state index in [1.54, 1.807) is 12.1 Å². The predicted molar refractivity (Wildman–Crippen MR) is 93.9 cm³/mol. The molecule has 0 amide bonds. The molecule has 1 rings (SSSR count). The van der Waals surface area contributed by atoms with Crippen LogP contribution in [0.2, 0.25) is 0 Å². The second kappa shape index (κ2) is 8.68. The van der Waals surface area contributed by atoms with Gasteiger partial charge in [0.1, 0.15) is 0 Å². The van der Waals surface area contributed by atoms with E-state index < -0.39 is 10.0 Å². The number of sulfonamides is 1. The van der Waals surface area contributed by atoms with E-state index in [0.717, 1.165) is 18.4 Å². The largest absolute Gasteiger partial charge is 0.243 e. The highest BCUT2D eigenvalue weighted by Crippen LogP contribution is 2.23. The van der Waals surface area contributed by atoms with E-state index in [-0.39, 0.29) is 23.3 Å². The van der Waals surface area contributed by atoms with Gasteiger partial charge in [-0.15, -0.1) is 11.6 Å². The van der Waals surface area contributed by atoms with Crippen LogP contribution in [0.5, 0.6) is 0 Å². The van der Waals surface area contributed by atoms with Crippen molar-refractivity contribution in [2.45, 2.75) is 44.9 Å². The van der Waals surface area contributed by atoms with Crippen LogP contribution >= 0.6 is 11.6 Å². The van der Waals surface area contributed by atoms with Gasteiger partial charge in [0.15, 0.2) is 0 Å². The van der Waals surface area contributed by atoms with Crippen molar-refractivity contribution in [3.8, 4) is 6.07 Å². The molecule has 0 aliphatic carbocycles. The Bertz CT molecular complexity index is 628. The van der Waals surface area contributed by atoms with E-state index in [4.69, 9.17) is 16.9 Å². The van der Waals surface area contributed by atoms with Gasteiger partial charge in [-0.2, -0.15) is 9.57 Å². The number of halogens is 1. The Balaban J connectivity index is 3.01. The minimum Gasteiger partial charge on any atom is -0.207 e. The lowest BCUT2D eigenvalue weighted by molar-refractivity contribution is 0.285. The van der Waals surface area contributed by atoms with Crippen molar-refractivity contribution in [1.82, 2.24) is 4.31 Å². The lowest BCUT2D eigenvalue weighted by atomic mass is 9.97. The topological polar surface area (TPSA) is 61.2 Å². The van der Waals surface area contributed by atoms with E-state index in [1.165, 1.54) is 4.31 Å². The number of benzene rings is 1. The normalized spacial score (nSPS) is 12.3. The summed E-state index contributed by atoms with van der Waals surface area (Å²) in [5.41, 5.74) is 0.895. The molecule has 128 valence electrons. The van der Waals surface area contributed by atoms with Crippen molar-refractivity contribution < 1.29 is 8.42 Å². The van der Waals surface area contributed by atoms with Gasteiger partial charge < -0.3 is 0 Å². The molecule has 0 aliphatic rings. The third kappa shape index (κ3) is 6.50. The molecule has 0 N–H and O–H groups in total. The number of hydrogen-bond donors (Lipinski definition) is 0. The highest BCUT2D eigenvalue weighted by Gasteiger charge is 2.28. The summed E-state index contributed by atoms with van der Waals surface area (Å²) in [6.07, 6.45) is 1.89. The molecule has 0 atom stereocenters. The van der Waals surface area contributed by atoms with Gasteiger partial charge in [0, 0.05) is 25.4 Å². The first-order valence-electron chi connectivity index (χ1n) is 7.73. The zero-order valence-electron chi connectivity index (χ0n) is 14.0. The molecule has 0 aliphatic heterocycles. The van der Waals surface area contributed by atoms with E-state index in [2.05, 4.69) is 0 Å². The first-order valence-corrected chi connectivity index (χ1v) is 9.70. The van der Waals surface area contributed by atoms with Crippen LogP contribution in [0, 0.1) is 16.7 Å². The fourth-order valence-corrected chi connectivity index (χ4v) is 4.04. The highest BCUT2D eigenvalue weighted by molar-refractivity contribution is 7.89. The van der Waals surface area contributed by atoms with Crippen molar-refractivity contribution in [3.05, 3.63) is 29.8 Å². The number of hydrogen-bond acceptors (Lipinski definition) is 3. The number of aryl methyl sites for hydroxylation is 1. The summed E-state index contributed by atoms with van der Waals surface area (Å²) in [7, 11) is -3.59. The molecular weight excluding hydrogens is 332 g/mol. The zero-order valence-corrected chi connectivity index (χ0v) is 15.6. The van der Waals surface area contributed by atoms with Gasteiger partial charge in [0.2, 0.25) is 10.0 Å². The molecule has 0 unspecified atom stereocenters. The number of rotatable bonds is 8. The first kappa shape index (κ1) is 20.0. The van der Waals surface area contributed by atoms with E-state index in [9.17, 15) is 8.42 Å². The van der Waals surface area contributed by atoms with Crippen LogP contribution in [-0.2, 0) is 16.4 Å². The second-order valence-electron chi connectivity index (χ2n) is 6.74. The smallest absolute Gasteiger partial charge is 0.207 e. The van der Waals surface area contributed by atoms with Crippen LogP contribution in [0.25, 0.3) is 0 Å². The Morgan fingerprint density at radius 3 is 2.30 bits per heavy atom. The molecular formula is C17H25ClN2O2S. The number of alkyl halides is 1. The molecule has 23 heavy (non-hydrogen) atoms. The third-order valence-corrected chi connectivity index (χ3v) is 5.41. The van der Waals surface area contributed by atoms with Gasteiger partial charge in [-0.3, -0.25) is 0 Å². The van der Waals surface area contributed by atoms with Crippen molar-refractivity contribution in [2.75, 3.05) is 19.0 Å². The van der Waals surface area contributed by atoms with Gasteiger partial charge in [0.05, 0.1) is 11.0 Å². The lowest BCUT2D eigenvalue weighted by Gasteiger charge is -2.28. The van der Waals surface area contributed by atoms with Crippen molar-refractivity contribution in [2.24, 2.45) is 5.41 Å². The van der Waals surface area contributed by atoms with Crippen molar-refractivity contribution >= 4 is 21.6 Å². The monoisotopic (exact) mass is 356 g/mol. The average Bonchev–Trinajstić information content (AvgIpc) is 2.48. The molecule has 0 fully saturated rings. The third-order valence-electron chi connectivity index (χ3n) is 3.28. The molecule has 0 saturated heterocycles. The SMILES string of the molecule is CC(C)(C)CN(CCC#N)S(=O)(=O)c1ccc(CCCCl)cc1. The maximum Gasteiger partial charge on any atom is 0.243 e. The van der Waals surface area contributed by atoms with Crippen LogP contribution in [0.3, 0.4) is 0 Å².